The number of nitrogens with zero attached hydrogens (tertiary/aromatic N) is 2. The number of carbonyl (C=O) groups excluding carboxylic acids is 2. The van der Waals surface area contributed by atoms with Gasteiger partial charge in [-0.3, -0.25) is 9.97 Å². The van der Waals surface area contributed by atoms with Crippen molar-refractivity contribution in [3.63, 3.8) is 0 Å². The van der Waals surface area contributed by atoms with Gasteiger partial charge in [-0.15, -0.1) is 0 Å². The summed E-state index contributed by atoms with van der Waals surface area (Å²) in [5.41, 5.74) is 0.381. The molecule has 2 aromatic rings. The Kier molecular flexibility index (Phi) is 8.75. The van der Waals surface area contributed by atoms with Crippen LogP contribution in [0.2, 0.25) is 0 Å². The van der Waals surface area contributed by atoms with Gasteiger partial charge in [0.2, 0.25) is 0 Å². The summed E-state index contributed by atoms with van der Waals surface area (Å²) in [4.78, 5) is 31.9. The molecule has 0 aliphatic carbocycles. The van der Waals surface area contributed by atoms with Gasteiger partial charge in [0.1, 0.15) is 0 Å². The molecule has 0 spiro atoms. The number of carbonyl (C=O) groups is 2. The van der Waals surface area contributed by atoms with Gasteiger partial charge >= 0.3 is 12.1 Å². The Morgan fingerprint density at radius 1 is 0.774 bits per heavy atom. The average Bonchev–Trinajstić information content (AvgIpc) is 2.74. The lowest BCUT2D eigenvalue weighted by Gasteiger charge is -2.34. The van der Waals surface area contributed by atoms with E-state index in [2.05, 4.69) is 31.2 Å². The summed E-state index contributed by atoms with van der Waals surface area (Å²) in [7, 11) is 0. The monoisotopic (exact) mass is 428 g/mol. The summed E-state index contributed by atoms with van der Waals surface area (Å²) in [6.45, 7) is 6.82. The molecule has 1 atom stereocenters. The van der Waals surface area contributed by atoms with Crippen LogP contribution < -0.4 is 21.3 Å². The molecular weight excluding hydrogens is 396 g/mol. The molecule has 5 N–H and O–H groups in total. The van der Waals surface area contributed by atoms with Gasteiger partial charge < -0.3 is 26.4 Å². The second kappa shape index (κ2) is 11.3. The van der Waals surface area contributed by atoms with Crippen LogP contribution in [-0.2, 0) is 13.1 Å². The predicted molar refractivity (Wildman–Crippen MR) is 118 cm³/mol. The van der Waals surface area contributed by atoms with Crippen LogP contribution in [0.15, 0.2) is 49.1 Å². The summed E-state index contributed by atoms with van der Waals surface area (Å²) in [5.74, 6) is 0. The first kappa shape index (κ1) is 24.1. The largest absolute Gasteiger partial charge is 0.388 e. The van der Waals surface area contributed by atoms with E-state index in [1.165, 1.54) is 0 Å². The van der Waals surface area contributed by atoms with Crippen molar-refractivity contribution in [3.05, 3.63) is 60.2 Å². The van der Waals surface area contributed by atoms with Crippen molar-refractivity contribution in [1.82, 2.24) is 31.2 Å². The number of urea groups is 2. The van der Waals surface area contributed by atoms with Crippen LogP contribution in [0.4, 0.5) is 9.59 Å². The van der Waals surface area contributed by atoms with E-state index in [-0.39, 0.29) is 24.0 Å². The number of aliphatic hydroxyl groups is 1. The summed E-state index contributed by atoms with van der Waals surface area (Å²) in [6.07, 6.45) is 7.06. The van der Waals surface area contributed by atoms with Crippen molar-refractivity contribution in [2.75, 3.05) is 13.1 Å². The highest BCUT2D eigenvalue weighted by atomic mass is 16.3. The summed E-state index contributed by atoms with van der Waals surface area (Å²) in [6, 6.07) is 6.67. The fraction of sp³-hybridized carbons (Fsp3) is 0.455. The van der Waals surface area contributed by atoms with Crippen molar-refractivity contribution in [2.24, 2.45) is 5.41 Å². The first-order valence-corrected chi connectivity index (χ1v) is 10.2. The lowest BCUT2D eigenvalue weighted by molar-refractivity contribution is 0.0178. The van der Waals surface area contributed by atoms with E-state index in [9.17, 15) is 14.7 Å². The number of pyridine rings is 2. The Hall–Kier alpha value is -3.20. The fourth-order valence-electron chi connectivity index (χ4n) is 3.24. The van der Waals surface area contributed by atoms with Crippen LogP contribution in [0, 0.1) is 5.41 Å². The SMILES string of the molecule is CC(C)(CNC(=O)NCc1ccncc1)CC(C)(O)CNC(=O)NCc1ccncc1. The lowest BCUT2D eigenvalue weighted by atomic mass is 9.81. The summed E-state index contributed by atoms with van der Waals surface area (Å²) in [5, 5.41) is 21.8. The molecule has 4 amide bonds. The molecule has 0 saturated carbocycles. The minimum absolute atomic E-state index is 0.0901. The maximum Gasteiger partial charge on any atom is 0.315 e. The molecule has 0 radical (unpaired) electrons. The van der Waals surface area contributed by atoms with Gasteiger partial charge in [-0.25, -0.2) is 9.59 Å². The standard InChI is InChI=1S/C22H32N6O3/c1-21(2,15-27-19(29)25-12-17-4-8-23-9-5-17)14-22(3,31)16-28-20(30)26-13-18-6-10-24-11-7-18/h4-11,31H,12-16H2,1-3H3,(H2,25,27,29)(H2,26,28,30). The van der Waals surface area contributed by atoms with E-state index in [1.54, 1.807) is 31.7 Å². The minimum atomic E-state index is -1.13. The molecule has 0 aliphatic heterocycles. The zero-order valence-electron chi connectivity index (χ0n) is 18.3. The van der Waals surface area contributed by atoms with E-state index in [0.717, 1.165) is 11.1 Å². The predicted octanol–water partition coefficient (Wildman–Crippen LogP) is 1.94. The molecule has 0 fully saturated rings. The zero-order valence-corrected chi connectivity index (χ0v) is 18.3. The maximum atomic E-state index is 12.1. The Bertz CT molecular complexity index is 758. The number of amides is 4. The van der Waals surface area contributed by atoms with Crippen molar-refractivity contribution in [3.8, 4) is 0 Å². The second-order valence-electron chi connectivity index (χ2n) is 8.62. The quantitative estimate of drug-likeness (QED) is 0.395. The normalized spacial score (nSPS) is 13.0. The Morgan fingerprint density at radius 2 is 1.19 bits per heavy atom. The molecule has 0 aliphatic rings. The highest BCUT2D eigenvalue weighted by Crippen LogP contribution is 2.27. The molecule has 9 nitrogen and oxygen atoms in total. The smallest absolute Gasteiger partial charge is 0.315 e. The molecule has 0 saturated heterocycles. The third-order valence-corrected chi connectivity index (χ3v) is 4.62. The van der Waals surface area contributed by atoms with E-state index < -0.39 is 5.60 Å². The van der Waals surface area contributed by atoms with Crippen molar-refractivity contribution >= 4 is 12.1 Å². The summed E-state index contributed by atoms with van der Waals surface area (Å²) >= 11 is 0. The van der Waals surface area contributed by atoms with E-state index >= 15 is 0 Å². The number of rotatable bonds is 10. The van der Waals surface area contributed by atoms with Crippen molar-refractivity contribution < 1.29 is 14.7 Å². The number of aromatic nitrogens is 2. The second-order valence-corrected chi connectivity index (χ2v) is 8.62. The highest BCUT2D eigenvalue weighted by molar-refractivity contribution is 5.74. The fourth-order valence-corrected chi connectivity index (χ4v) is 3.24. The van der Waals surface area contributed by atoms with E-state index in [4.69, 9.17) is 0 Å². The first-order valence-electron chi connectivity index (χ1n) is 10.2. The average molecular weight is 429 g/mol. The van der Waals surface area contributed by atoms with Gasteiger partial charge in [0.15, 0.2) is 0 Å². The highest BCUT2D eigenvalue weighted by Gasteiger charge is 2.31. The number of nitrogens with one attached hydrogen (secondary N) is 4. The Balaban J connectivity index is 1.69. The molecular formula is C22H32N6O3. The maximum absolute atomic E-state index is 12.1. The molecule has 9 heteroatoms. The van der Waals surface area contributed by atoms with Crippen molar-refractivity contribution in [1.29, 1.82) is 0 Å². The topological polar surface area (TPSA) is 128 Å². The van der Waals surface area contributed by atoms with Crippen LogP contribution in [0.3, 0.4) is 0 Å². The third kappa shape index (κ3) is 9.90. The van der Waals surface area contributed by atoms with Crippen LogP contribution in [0.25, 0.3) is 0 Å². The zero-order chi connectivity index (χ0) is 22.7. The van der Waals surface area contributed by atoms with Gasteiger partial charge in [0.05, 0.1) is 5.60 Å². The summed E-state index contributed by atoms with van der Waals surface area (Å²) < 4.78 is 0. The van der Waals surface area contributed by atoms with Crippen LogP contribution in [-0.4, -0.2) is 45.8 Å². The van der Waals surface area contributed by atoms with Crippen molar-refractivity contribution in [2.45, 2.75) is 45.9 Å². The molecule has 0 bridgehead atoms. The molecule has 1 unspecified atom stereocenters. The number of hydrogen-bond donors (Lipinski definition) is 5. The van der Waals surface area contributed by atoms with Gasteiger partial charge in [-0.2, -0.15) is 0 Å². The van der Waals surface area contributed by atoms with Gasteiger partial charge in [0, 0.05) is 51.0 Å². The molecule has 2 heterocycles. The van der Waals surface area contributed by atoms with Gasteiger partial charge in [-0.1, -0.05) is 13.8 Å². The van der Waals surface area contributed by atoms with E-state index in [0.29, 0.717) is 26.1 Å². The van der Waals surface area contributed by atoms with Gasteiger partial charge in [-0.05, 0) is 54.2 Å². The van der Waals surface area contributed by atoms with E-state index in [1.807, 2.05) is 38.1 Å². The molecule has 2 aromatic heterocycles. The Morgan fingerprint density at radius 3 is 1.65 bits per heavy atom. The molecule has 2 rings (SSSR count). The van der Waals surface area contributed by atoms with Gasteiger partial charge in [0.25, 0.3) is 0 Å². The minimum Gasteiger partial charge on any atom is -0.388 e. The third-order valence-electron chi connectivity index (χ3n) is 4.62. The van der Waals surface area contributed by atoms with Crippen LogP contribution in [0.5, 0.6) is 0 Å². The van der Waals surface area contributed by atoms with Crippen LogP contribution >= 0.6 is 0 Å². The lowest BCUT2D eigenvalue weighted by Crippen LogP contribution is -2.48. The molecule has 168 valence electrons. The number of hydrogen-bond acceptors (Lipinski definition) is 5. The first-order chi connectivity index (χ1) is 14.7. The Labute approximate surface area is 183 Å². The molecule has 0 aromatic carbocycles. The molecule has 31 heavy (non-hydrogen) atoms. The van der Waals surface area contributed by atoms with Crippen LogP contribution in [0.1, 0.15) is 38.3 Å².